The molecule has 2 aromatic carbocycles. The van der Waals surface area contributed by atoms with Crippen LogP contribution in [0, 0.1) is 10.1 Å². The third-order valence-corrected chi connectivity index (χ3v) is 7.51. The van der Waals surface area contributed by atoms with E-state index < -0.39 is 10.8 Å². The number of hydrogen-bond donors (Lipinski definition) is 1. The zero-order valence-electron chi connectivity index (χ0n) is 21.4. The zero-order valence-corrected chi connectivity index (χ0v) is 23.0. The molecule has 5 rings (SSSR count). The van der Waals surface area contributed by atoms with E-state index in [9.17, 15) is 19.7 Å². The quantitative estimate of drug-likeness (QED) is 0.254. The summed E-state index contributed by atoms with van der Waals surface area (Å²) in [6.45, 7) is 1.50. The molecule has 1 saturated heterocycles. The van der Waals surface area contributed by atoms with Gasteiger partial charge in [0.15, 0.2) is 10.7 Å². The highest BCUT2D eigenvalue weighted by Gasteiger charge is 2.30. The first-order valence-corrected chi connectivity index (χ1v) is 13.3. The molecule has 1 aliphatic heterocycles. The summed E-state index contributed by atoms with van der Waals surface area (Å²) in [4.78, 5) is 44.8. The molecule has 1 N–H and O–H groups in total. The van der Waals surface area contributed by atoms with Crippen molar-refractivity contribution in [3.8, 4) is 17.0 Å². The molecule has 40 heavy (non-hydrogen) atoms. The van der Waals surface area contributed by atoms with Crippen LogP contribution >= 0.6 is 22.9 Å². The van der Waals surface area contributed by atoms with E-state index >= 15 is 0 Å². The van der Waals surface area contributed by atoms with E-state index in [1.165, 1.54) is 23.0 Å². The molecule has 0 unspecified atom stereocenters. The van der Waals surface area contributed by atoms with Gasteiger partial charge in [0.05, 0.1) is 22.7 Å². The molecule has 1 aliphatic rings. The summed E-state index contributed by atoms with van der Waals surface area (Å²) < 4.78 is 6.89. The van der Waals surface area contributed by atoms with Crippen LogP contribution in [0.5, 0.6) is 5.75 Å². The number of carbonyl (C=O) groups is 2. The number of anilines is 2. The van der Waals surface area contributed by atoms with Gasteiger partial charge < -0.3 is 19.9 Å². The van der Waals surface area contributed by atoms with Crippen LogP contribution in [-0.4, -0.2) is 74.9 Å². The number of rotatable bonds is 7. The fraction of sp³-hybridized carbons (Fsp3) is 0.240. The lowest BCUT2D eigenvalue weighted by Gasteiger charge is -2.36. The molecule has 0 atom stereocenters. The molecule has 15 heteroatoms. The molecule has 0 bridgehead atoms. The summed E-state index contributed by atoms with van der Waals surface area (Å²) in [5.41, 5.74) is 1.59. The second-order valence-electron chi connectivity index (χ2n) is 8.76. The van der Waals surface area contributed by atoms with Gasteiger partial charge in [0.25, 0.3) is 17.5 Å². The Labute approximate surface area is 237 Å². The molecule has 0 radical (unpaired) electrons. The third-order valence-electron chi connectivity index (χ3n) is 6.44. The van der Waals surface area contributed by atoms with Gasteiger partial charge in [0.2, 0.25) is 0 Å². The number of para-hydroxylation sites is 1. The van der Waals surface area contributed by atoms with Crippen LogP contribution in [-0.2, 0) is 7.05 Å². The summed E-state index contributed by atoms with van der Waals surface area (Å²) in [5, 5.41) is 24.5. The number of aryl methyl sites for hydroxylation is 1. The lowest BCUT2D eigenvalue weighted by molar-refractivity contribution is -0.383. The van der Waals surface area contributed by atoms with E-state index in [0.29, 0.717) is 54.6 Å². The monoisotopic (exact) mass is 582 g/mol. The highest BCUT2D eigenvalue weighted by atomic mass is 35.5. The Bertz CT molecular complexity index is 1580. The van der Waals surface area contributed by atoms with E-state index in [2.05, 4.69) is 20.6 Å². The van der Waals surface area contributed by atoms with Gasteiger partial charge >= 0.3 is 0 Å². The Morgan fingerprint density at radius 2 is 1.93 bits per heavy atom. The molecule has 13 nitrogen and oxygen atoms in total. The number of nitrogens with one attached hydrogen (secondary N) is 1. The second kappa shape index (κ2) is 11.3. The van der Waals surface area contributed by atoms with E-state index in [1.807, 2.05) is 23.1 Å². The fourth-order valence-electron chi connectivity index (χ4n) is 4.47. The lowest BCUT2D eigenvalue weighted by Crippen LogP contribution is -2.49. The normalized spacial score (nSPS) is 13.3. The van der Waals surface area contributed by atoms with Gasteiger partial charge in [-0.1, -0.05) is 28.9 Å². The maximum absolute atomic E-state index is 13.6. The van der Waals surface area contributed by atoms with Gasteiger partial charge in [-0.3, -0.25) is 19.7 Å². The van der Waals surface area contributed by atoms with Crippen LogP contribution in [0.4, 0.5) is 17.1 Å². The number of benzene rings is 2. The van der Waals surface area contributed by atoms with Crippen LogP contribution in [0.15, 0.2) is 48.0 Å². The minimum absolute atomic E-state index is 0.00511. The molecule has 1 fully saturated rings. The molecule has 0 saturated carbocycles. The molecule has 2 amide bonds. The number of ether oxygens (including phenoxy) is 1. The van der Waals surface area contributed by atoms with E-state index in [0.717, 1.165) is 11.3 Å². The van der Waals surface area contributed by atoms with Gasteiger partial charge in [-0.15, -0.1) is 16.4 Å². The Morgan fingerprint density at radius 3 is 2.60 bits per heavy atom. The summed E-state index contributed by atoms with van der Waals surface area (Å²) in [6, 6.07) is 9.97. The van der Waals surface area contributed by atoms with Crippen molar-refractivity contribution >= 4 is 51.8 Å². The number of amides is 2. The van der Waals surface area contributed by atoms with Crippen LogP contribution in [0.25, 0.3) is 11.3 Å². The number of methoxy groups -OCH3 is 1. The number of nitrogens with zero attached hydrogens (tertiary/aromatic N) is 7. The summed E-state index contributed by atoms with van der Waals surface area (Å²) in [5.74, 6) is -0.218. The van der Waals surface area contributed by atoms with E-state index in [4.69, 9.17) is 16.3 Å². The largest absolute Gasteiger partial charge is 0.496 e. The average Bonchev–Trinajstić information content (AvgIpc) is 3.64. The van der Waals surface area contributed by atoms with E-state index in [-0.39, 0.29) is 27.3 Å². The first kappa shape index (κ1) is 27.0. The van der Waals surface area contributed by atoms with Crippen molar-refractivity contribution < 1.29 is 19.2 Å². The van der Waals surface area contributed by atoms with Crippen molar-refractivity contribution in [1.82, 2.24) is 24.9 Å². The number of nitro benzene ring substituents is 1. The Hall–Kier alpha value is -4.56. The SMILES string of the molecule is COc1ccccc1-c1nnn(C)c1C(=O)N1CCN(c2cc(NC(=O)c3nccs3)c([N+](=O)[O-])cc2Cl)CC1. The third kappa shape index (κ3) is 5.18. The van der Waals surface area contributed by atoms with Gasteiger partial charge in [-0.05, 0) is 18.2 Å². The molecule has 0 spiro atoms. The topological polar surface area (TPSA) is 149 Å². The number of nitro groups is 1. The van der Waals surface area contributed by atoms with Gasteiger partial charge in [0, 0.05) is 56.4 Å². The predicted octanol–water partition coefficient (Wildman–Crippen LogP) is 3.72. The number of hydrogen-bond acceptors (Lipinski definition) is 10. The molecular weight excluding hydrogens is 560 g/mol. The van der Waals surface area contributed by atoms with Crippen molar-refractivity contribution in [1.29, 1.82) is 0 Å². The number of carbonyl (C=O) groups excluding carboxylic acids is 2. The number of piperazine rings is 1. The minimum Gasteiger partial charge on any atom is -0.496 e. The van der Waals surface area contributed by atoms with Crippen molar-refractivity contribution in [3.63, 3.8) is 0 Å². The number of aromatic nitrogens is 4. The molecular formula is C25H23ClN8O5S. The Morgan fingerprint density at radius 1 is 1.18 bits per heavy atom. The van der Waals surface area contributed by atoms with Crippen molar-refractivity contribution in [2.45, 2.75) is 0 Å². The van der Waals surface area contributed by atoms with Gasteiger partial charge in [-0.2, -0.15) is 0 Å². The molecule has 206 valence electrons. The van der Waals surface area contributed by atoms with E-state index in [1.54, 1.807) is 30.5 Å². The van der Waals surface area contributed by atoms with Crippen LogP contribution < -0.4 is 15.0 Å². The average molecular weight is 583 g/mol. The Balaban J connectivity index is 1.36. The number of thiazole rings is 1. The van der Waals surface area contributed by atoms with Crippen molar-refractivity contribution in [2.75, 3.05) is 43.5 Å². The summed E-state index contributed by atoms with van der Waals surface area (Å²) in [6.07, 6.45) is 1.48. The minimum atomic E-state index is -0.606. The molecule has 3 heterocycles. The maximum atomic E-state index is 13.6. The van der Waals surface area contributed by atoms with Crippen LogP contribution in [0.1, 0.15) is 20.3 Å². The van der Waals surface area contributed by atoms with Gasteiger partial charge in [0.1, 0.15) is 17.1 Å². The standard InChI is InChI=1S/C25H23ClN8O5S/c1-31-22(21(29-30-31)15-5-3-4-6-20(15)39-2)25(36)33-10-8-32(9-11-33)18-14-17(19(34(37)38)13-16(18)26)28-23(35)24-27-7-12-40-24/h3-7,12-14H,8-11H2,1-2H3,(H,28,35). The van der Waals surface area contributed by atoms with Gasteiger partial charge in [-0.25, -0.2) is 9.67 Å². The van der Waals surface area contributed by atoms with Crippen molar-refractivity contribution in [2.24, 2.45) is 7.05 Å². The summed E-state index contributed by atoms with van der Waals surface area (Å²) >= 11 is 7.57. The maximum Gasteiger partial charge on any atom is 0.294 e. The van der Waals surface area contributed by atoms with Crippen LogP contribution in [0.2, 0.25) is 5.02 Å². The van der Waals surface area contributed by atoms with Crippen molar-refractivity contribution in [3.05, 3.63) is 73.8 Å². The molecule has 0 aliphatic carbocycles. The smallest absolute Gasteiger partial charge is 0.294 e. The van der Waals surface area contributed by atoms with Crippen LogP contribution in [0.3, 0.4) is 0 Å². The molecule has 4 aromatic rings. The summed E-state index contributed by atoms with van der Waals surface area (Å²) in [7, 11) is 3.21. The fourth-order valence-corrected chi connectivity index (χ4v) is 5.28. The highest BCUT2D eigenvalue weighted by Crippen LogP contribution is 2.37. The first-order valence-electron chi connectivity index (χ1n) is 12.0. The number of halogens is 1. The second-order valence-corrected chi connectivity index (χ2v) is 10.1. The highest BCUT2D eigenvalue weighted by molar-refractivity contribution is 7.11. The Kier molecular flexibility index (Phi) is 7.62. The first-order chi connectivity index (χ1) is 19.3. The zero-order chi connectivity index (χ0) is 28.4. The predicted molar refractivity (Wildman–Crippen MR) is 149 cm³/mol. The molecule has 2 aromatic heterocycles. The lowest BCUT2D eigenvalue weighted by atomic mass is 10.1.